The fraction of sp³-hybridized carbons (Fsp3) is 0.0476. The minimum Gasteiger partial charge on any atom is -0.327 e. The highest BCUT2D eigenvalue weighted by Crippen LogP contribution is 2.25. The highest BCUT2D eigenvalue weighted by atomic mass is 79.9. The Bertz CT molecular complexity index is 1150. The molecule has 0 fully saturated rings. The molecule has 0 aliphatic carbocycles. The Labute approximate surface area is 163 Å². The smallest absolute Gasteiger partial charge is 0.256 e. The number of rotatable bonds is 3. The molecule has 0 radical (unpaired) electrons. The maximum absolute atomic E-state index is 13.2. The van der Waals surface area contributed by atoms with Gasteiger partial charge in [0.25, 0.3) is 5.91 Å². The van der Waals surface area contributed by atoms with Crippen LogP contribution in [0.4, 0.5) is 10.1 Å². The average molecular weight is 424 g/mol. The number of halogens is 2. The molecule has 0 aliphatic rings. The van der Waals surface area contributed by atoms with Gasteiger partial charge in [-0.15, -0.1) is 0 Å². The third-order valence-corrected chi connectivity index (χ3v) is 5.02. The quantitative estimate of drug-likeness (QED) is 0.479. The second-order valence-corrected chi connectivity index (χ2v) is 6.99. The Morgan fingerprint density at radius 2 is 1.81 bits per heavy atom. The van der Waals surface area contributed by atoms with Crippen LogP contribution in [0.5, 0.6) is 0 Å². The van der Waals surface area contributed by atoms with Crippen LogP contribution in [-0.4, -0.2) is 15.5 Å². The van der Waals surface area contributed by atoms with Gasteiger partial charge >= 0.3 is 0 Å². The maximum Gasteiger partial charge on any atom is 0.256 e. The summed E-state index contributed by atoms with van der Waals surface area (Å²) in [5.74, 6) is 0.151. The van der Waals surface area contributed by atoms with Gasteiger partial charge in [-0.3, -0.25) is 4.79 Å². The first-order valence-electron chi connectivity index (χ1n) is 8.31. The lowest BCUT2D eigenvalue weighted by Crippen LogP contribution is -2.12. The number of aromatic nitrogens is 2. The number of nitrogens with one attached hydrogen (secondary N) is 1. The number of hydrogen-bond acceptors (Lipinski definition) is 2. The van der Waals surface area contributed by atoms with Crippen LogP contribution in [0.1, 0.15) is 10.4 Å². The van der Waals surface area contributed by atoms with E-state index in [1.54, 1.807) is 0 Å². The fourth-order valence-corrected chi connectivity index (χ4v) is 3.51. The topological polar surface area (TPSA) is 46.9 Å². The van der Waals surface area contributed by atoms with Gasteiger partial charge in [-0.25, -0.2) is 9.37 Å². The van der Waals surface area contributed by atoms with Gasteiger partial charge in [0.2, 0.25) is 0 Å². The molecule has 0 saturated carbocycles. The fourth-order valence-electron chi connectivity index (χ4n) is 2.98. The summed E-state index contributed by atoms with van der Waals surface area (Å²) in [4.78, 5) is 17.1. The number of benzene rings is 3. The van der Waals surface area contributed by atoms with Gasteiger partial charge in [-0.05, 0) is 70.5 Å². The number of nitrogens with zero attached hydrogens (tertiary/aromatic N) is 2. The molecule has 1 heterocycles. The molecule has 1 aromatic heterocycles. The molecule has 1 N–H and O–H groups in total. The van der Waals surface area contributed by atoms with E-state index in [1.165, 1.54) is 18.2 Å². The standard InChI is InChI=1S/C21H15BrFN3O/c1-26-19-5-3-2-4-18(19)25-20(26)13-6-9-15(10-7-13)24-21(27)16-11-8-14(23)12-17(16)22/h2-12H,1H3,(H,24,27). The SMILES string of the molecule is Cn1c(-c2ccc(NC(=O)c3ccc(F)cc3Br)cc2)nc2ccccc21. The molecular weight excluding hydrogens is 409 g/mol. The van der Waals surface area contributed by atoms with Crippen molar-refractivity contribution in [2.45, 2.75) is 0 Å². The monoisotopic (exact) mass is 423 g/mol. The number of aryl methyl sites for hydroxylation is 1. The Kier molecular flexibility index (Phi) is 4.49. The molecule has 0 aliphatic heterocycles. The maximum atomic E-state index is 13.2. The molecule has 4 aromatic rings. The van der Waals surface area contributed by atoms with Crippen LogP contribution in [0.25, 0.3) is 22.4 Å². The highest BCUT2D eigenvalue weighted by molar-refractivity contribution is 9.10. The summed E-state index contributed by atoms with van der Waals surface area (Å²) >= 11 is 3.22. The van der Waals surface area contributed by atoms with Crippen LogP contribution in [0.15, 0.2) is 71.2 Å². The van der Waals surface area contributed by atoms with E-state index in [4.69, 9.17) is 0 Å². The third kappa shape index (κ3) is 3.36. The first-order chi connectivity index (χ1) is 13.0. The number of fused-ring (bicyclic) bond motifs is 1. The van der Waals surface area contributed by atoms with Gasteiger partial charge in [0.15, 0.2) is 0 Å². The summed E-state index contributed by atoms with van der Waals surface area (Å²) in [6.45, 7) is 0. The summed E-state index contributed by atoms with van der Waals surface area (Å²) in [5.41, 5.74) is 3.98. The second-order valence-electron chi connectivity index (χ2n) is 6.14. The van der Waals surface area contributed by atoms with Crippen molar-refractivity contribution in [3.8, 4) is 11.4 Å². The van der Waals surface area contributed by atoms with Crippen LogP contribution < -0.4 is 5.32 Å². The van der Waals surface area contributed by atoms with E-state index in [0.29, 0.717) is 15.7 Å². The molecule has 0 unspecified atom stereocenters. The number of carbonyl (C=O) groups is 1. The van der Waals surface area contributed by atoms with Crippen LogP contribution in [-0.2, 0) is 7.05 Å². The number of imidazole rings is 1. The summed E-state index contributed by atoms with van der Waals surface area (Å²) in [5, 5.41) is 2.82. The number of amides is 1. The predicted octanol–water partition coefficient (Wildman–Crippen LogP) is 5.39. The minimum atomic E-state index is -0.398. The summed E-state index contributed by atoms with van der Waals surface area (Å²) in [7, 11) is 1.98. The van der Waals surface area contributed by atoms with Crippen LogP contribution in [0, 0.1) is 5.82 Å². The third-order valence-electron chi connectivity index (χ3n) is 4.36. The molecule has 4 rings (SSSR count). The zero-order chi connectivity index (χ0) is 19.0. The lowest BCUT2D eigenvalue weighted by atomic mass is 10.1. The van der Waals surface area contributed by atoms with E-state index in [0.717, 1.165) is 22.4 Å². The van der Waals surface area contributed by atoms with Gasteiger partial charge in [-0.1, -0.05) is 12.1 Å². The number of anilines is 1. The number of para-hydroxylation sites is 2. The molecule has 0 spiro atoms. The molecule has 4 nitrogen and oxygen atoms in total. The molecule has 134 valence electrons. The van der Waals surface area contributed by atoms with Crippen LogP contribution in [0.2, 0.25) is 0 Å². The first-order valence-corrected chi connectivity index (χ1v) is 9.10. The lowest BCUT2D eigenvalue weighted by molar-refractivity contribution is 0.102. The van der Waals surface area contributed by atoms with Crippen molar-refractivity contribution in [2.75, 3.05) is 5.32 Å². The van der Waals surface area contributed by atoms with Gasteiger partial charge in [0.1, 0.15) is 11.6 Å². The van der Waals surface area contributed by atoms with E-state index in [9.17, 15) is 9.18 Å². The highest BCUT2D eigenvalue weighted by Gasteiger charge is 2.12. The first kappa shape index (κ1) is 17.4. The minimum absolute atomic E-state index is 0.308. The zero-order valence-electron chi connectivity index (χ0n) is 14.4. The van der Waals surface area contributed by atoms with Crippen molar-refractivity contribution in [2.24, 2.45) is 7.05 Å². The largest absolute Gasteiger partial charge is 0.327 e. The van der Waals surface area contributed by atoms with Gasteiger partial charge in [0.05, 0.1) is 16.6 Å². The molecule has 0 atom stereocenters. The van der Waals surface area contributed by atoms with Crippen molar-refractivity contribution in [3.05, 3.63) is 82.6 Å². The van der Waals surface area contributed by atoms with Gasteiger partial charge < -0.3 is 9.88 Å². The Hall–Kier alpha value is -2.99. The van der Waals surface area contributed by atoms with Gasteiger partial charge in [0, 0.05) is 22.8 Å². The molecule has 6 heteroatoms. The second kappa shape index (κ2) is 6.96. The Morgan fingerprint density at radius 3 is 2.52 bits per heavy atom. The van der Waals surface area contributed by atoms with E-state index in [2.05, 4.69) is 26.2 Å². The van der Waals surface area contributed by atoms with Crippen molar-refractivity contribution >= 4 is 38.6 Å². The molecule has 27 heavy (non-hydrogen) atoms. The van der Waals surface area contributed by atoms with E-state index in [-0.39, 0.29) is 5.91 Å². The van der Waals surface area contributed by atoms with Crippen LogP contribution in [0.3, 0.4) is 0 Å². The molecule has 3 aromatic carbocycles. The summed E-state index contributed by atoms with van der Waals surface area (Å²) in [6.07, 6.45) is 0. The molecule has 1 amide bonds. The van der Waals surface area contributed by atoms with Crippen LogP contribution >= 0.6 is 15.9 Å². The van der Waals surface area contributed by atoms with Crippen molar-refractivity contribution in [3.63, 3.8) is 0 Å². The van der Waals surface area contributed by atoms with Crippen molar-refractivity contribution < 1.29 is 9.18 Å². The van der Waals surface area contributed by atoms with E-state index >= 15 is 0 Å². The van der Waals surface area contributed by atoms with E-state index < -0.39 is 5.82 Å². The summed E-state index contributed by atoms with van der Waals surface area (Å²) < 4.78 is 15.6. The molecule has 0 saturated heterocycles. The zero-order valence-corrected chi connectivity index (χ0v) is 16.0. The number of carbonyl (C=O) groups excluding carboxylic acids is 1. The Balaban J connectivity index is 1.58. The number of hydrogen-bond donors (Lipinski definition) is 1. The van der Waals surface area contributed by atoms with Crippen molar-refractivity contribution in [1.82, 2.24) is 9.55 Å². The lowest BCUT2D eigenvalue weighted by Gasteiger charge is -2.08. The molecular formula is C21H15BrFN3O. The van der Waals surface area contributed by atoms with Crippen molar-refractivity contribution in [1.29, 1.82) is 0 Å². The van der Waals surface area contributed by atoms with Gasteiger partial charge in [-0.2, -0.15) is 0 Å². The predicted molar refractivity (Wildman–Crippen MR) is 108 cm³/mol. The van der Waals surface area contributed by atoms with E-state index in [1.807, 2.05) is 60.1 Å². The molecule has 0 bridgehead atoms. The summed E-state index contributed by atoms with van der Waals surface area (Å²) in [6, 6.07) is 19.4. The average Bonchev–Trinajstić information content (AvgIpc) is 2.99. The normalized spacial score (nSPS) is 10.9. The Morgan fingerprint density at radius 1 is 1.07 bits per heavy atom.